The average molecular weight is 745 g/mol. The molecule has 8 aromatic carbocycles. The molecule has 3 heteroatoms. The topological polar surface area (TPSA) is 25.8 Å². The minimum atomic E-state index is -0.302. The van der Waals surface area contributed by atoms with Crippen LogP contribution in [0.25, 0.3) is 87.5 Å². The van der Waals surface area contributed by atoms with Crippen LogP contribution in [0.1, 0.15) is 23.6 Å². The molecular formula is C54H36N2S. The van der Waals surface area contributed by atoms with E-state index in [1.165, 1.54) is 64.7 Å². The van der Waals surface area contributed by atoms with Crippen LogP contribution in [0.5, 0.6) is 0 Å². The molecule has 2 heterocycles. The third-order valence-corrected chi connectivity index (χ3v) is 13.0. The largest absolute Gasteiger partial charge is 0.228 e. The molecule has 0 saturated heterocycles. The van der Waals surface area contributed by atoms with Gasteiger partial charge < -0.3 is 0 Å². The van der Waals surface area contributed by atoms with E-state index in [2.05, 4.69) is 201 Å². The lowest BCUT2D eigenvalue weighted by Crippen LogP contribution is -2.22. The molecule has 1 aliphatic rings. The summed E-state index contributed by atoms with van der Waals surface area (Å²) in [6.45, 7) is 2.36. The predicted molar refractivity (Wildman–Crippen MR) is 240 cm³/mol. The lowest BCUT2D eigenvalue weighted by atomic mass is 9.74. The van der Waals surface area contributed by atoms with Crippen molar-refractivity contribution >= 4 is 31.5 Å². The SMILES string of the molecule is CC1(c2ccccc2)c2ccccc2-c2ccc(-c3cc(-c4cccc(-c5ccccc5-c5cccc6c5sc5ccccc56)c4)nc(-c4ccccc4)n3)cc21. The first kappa shape index (κ1) is 33.4. The molecule has 0 bridgehead atoms. The van der Waals surface area contributed by atoms with Crippen LogP contribution < -0.4 is 0 Å². The van der Waals surface area contributed by atoms with Crippen LogP contribution in [0.4, 0.5) is 0 Å². The van der Waals surface area contributed by atoms with Crippen LogP contribution in [0.15, 0.2) is 200 Å². The normalized spacial score (nSPS) is 14.5. The van der Waals surface area contributed by atoms with Crippen LogP contribution in [0, 0.1) is 0 Å². The highest BCUT2D eigenvalue weighted by Gasteiger charge is 2.40. The standard InChI is InChI=1S/C54H36N2S/c1-54(39-20-6-3-7-21-39)47-28-12-10-24-42(47)43-31-30-38(33-48(43)54)50-34-49(55-53(56-50)35-16-4-2-5-17-35)37-19-14-18-36(32-37)40-22-8-9-23-41(40)45-26-15-27-46-44-25-11-13-29-51(44)57-52(45)46/h2-34H,1H3. The molecule has 0 spiro atoms. The maximum Gasteiger partial charge on any atom is 0.160 e. The summed E-state index contributed by atoms with van der Waals surface area (Å²) >= 11 is 1.87. The fraction of sp³-hybridized carbons (Fsp3) is 0.0370. The molecule has 1 atom stereocenters. The molecule has 0 aliphatic heterocycles. The highest BCUT2D eigenvalue weighted by atomic mass is 32.1. The fourth-order valence-electron chi connectivity index (χ4n) is 8.97. The van der Waals surface area contributed by atoms with Gasteiger partial charge in [-0.25, -0.2) is 9.97 Å². The molecule has 2 nitrogen and oxygen atoms in total. The monoisotopic (exact) mass is 744 g/mol. The highest BCUT2D eigenvalue weighted by Crippen LogP contribution is 2.53. The average Bonchev–Trinajstić information content (AvgIpc) is 3.80. The summed E-state index contributed by atoms with van der Waals surface area (Å²) < 4.78 is 2.63. The molecule has 1 unspecified atom stereocenters. The third kappa shape index (κ3) is 5.46. The number of rotatable bonds is 6. The Bertz CT molecular complexity index is 3140. The first-order chi connectivity index (χ1) is 28.1. The Labute approximate surface area is 336 Å². The molecule has 11 rings (SSSR count). The quantitative estimate of drug-likeness (QED) is 0.169. The maximum atomic E-state index is 5.27. The number of thiophene rings is 1. The van der Waals surface area contributed by atoms with Crippen molar-refractivity contribution in [2.45, 2.75) is 12.3 Å². The smallest absolute Gasteiger partial charge is 0.160 e. The Morgan fingerprint density at radius 3 is 1.79 bits per heavy atom. The lowest BCUT2D eigenvalue weighted by Gasteiger charge is -2.28. The van der Waals surface area contributed by atoms with E-state index in [4.69, 9.17) is 9.97 Å². The van der Waals surface area contributed by atoms with Crippen molar-refractivity contribution in [1.82, 2.24) is 9.97 Å². The van der Waals surface area contributed by atoms with Gasteiger partial charge in [-0.05, 0) is 75.7 Å². The minimum absolute atomic E-state index is 0.302. The van der Waals surface area contributed by atoms with Gasteiger partial charge in [-0.3, -0.25) is 0 Å². The van der Waals surface area contributed by atoms with Gasteiger partial charge in [0.25, 0.3) is 0 Å². The first-order valence-electron chi connectivity index (χ1n) is 19.5. The number of nitrogens with zero attached hydrogens (tertiary/aromatic N) is 2. The first-order valence-corrected chi connectivity index (χ1v) is 20.3. The van der Waals surface area contributed by atoms with Gasteiger partial charge in [-0.15, -0.1) is 11.3 Å². The van der Waals surface area contributed by atoms with E-state index in [0.717, 1.165) is 33.6 Å². The summed E-state index contributed by atoms with van der Waals surface area (Å²) in [5.41, 5.74) is 15.9. The minimum Gasteiger partial charge on any atom is -0.228 e. The second-order valence-corrected chi connectivity index (χ2v) is 16.1. The molecule has 0 radical (unpaired) electrons. The Kier molecular flexibility index (Phi) is 7.84. The van der Waals surface area contributed by atoms with E-state index < -0.39 is 0 Å². The Balaban J connectivity index is 1.06. The molecule has 2 aromatic heterocycles. The van der Waals surface area contributed by atoms with Crippen molar-refractivity contribution < 1.29 is 0 Å². The van der Waals surface area contributed by atoms with Crippen molar-refractivity contribution in [3.63, 3.8) is 0 Å². The van der Waals surface area contributed by atoms with Crippen LogP contribution in [0.3, 0.4) is 0 Å². The van der Waals surface area contributed by atoms with E-state index in [9.17, 15) is 0 Å². The Hall–Kier alpha value is -6.94. The van der Waals surface area contributed by atoms with Crippen molar-refractivity contribution in [1.29, 1.82) is 0 Å². The Morgan fingerprint density at radius 2 is 0.965 bits per heavy atom. The van der Waals surface area contributed by atoms with Gasteiger partial charge in [0.2, 0.25) is 0 Å². The van der Waals surface area contributed by atoms with Gasteiger partial charge >= 0.3 is 0 Å². The van der Waals surface area contributed by atoms with Gasteiger partial charge in [-0.2, -0.15) is 0 Å². The van der Waals surface area contributed by atoms with E-state index in [1.807, 2.05) is 17.4 Å². The number of hydrogen-bond acceptors (Lipinski definition) is 3. The summed E-state index contributed by atoms with van der Waals surface area (Å²) in [4.78, 5) is 10.5. The van der Waals surface area contributed by atoms with Crippen molar-refractivity contribution in [3.8, 4) is 67.3 Å². The molecule has 1 aliphatic carbocycles. The summed E-state index contributed by atoms with van der Waals surface area (Å²) in [6.07, 6.45) is 0. The Morgan fingerprint density at radius 1 is 0.386 bits per heavy atom. The molecule has 0 fully saturated rings. The summed E-state index contributed by atoms with van der Waals surface area (Å²) in [5.74, 6) is 0.708. The maximum absolute atomic E-state index is 5.27. The van der Waals surface area contributed by atoms with Gasteiger partial charge in [0.05, 0.1) is 11.4 Å². The van der Waals surface area contributed by atoms with Gasteiger partial charge in [-0.1, -0.05) is 176 Å². The highest BCUT2D eigenvalue weighted by molar-refractivity contribution is 7.26. The van der Waals surface area contributed by atoms with Gasteiger partial charge in [0, 0.05) is 47.8 Å². The fourth-order valence-corrected chi connectivity index (χ4v) is 10.2. The summed E-state index contributed by atoms with van der Waals surface area (Å²) in [5, 5.41) is 2.61. The zero-order valence-electron chi connectivity index (χ0n) is 31.4. The second kappa shape index (κ2) is 13.4. The zero-order chi connectivity index (χ0) is 37.9. The van der Waals surface area contributed by atoms with Gasteiger partial charge in [0.1, 0.15) is 0 Å². The van der Waals surface area contributed by atoms with Crippen LogP contribution in [-0.2, 0) is 5.41 Å². The molecule has 268 valence electrons. The lowest BCUT2D eigenvalue weighted by molar-refractivity contribution is 0.714. The summed E-state index contributed by atoms with van der Waals surface area (Å²) in [7, 11) is 0. The number of hydrogen-bond donors (Lipinski definition) is 0. The predicted octanol–water partition coefficient (Wildman–Crippen LogP) is 14.5. The molecule has 0 amide bonds. The van der Waals surface area contributed by atoms with E-state index in [1.54, 1.807) is 0 Å². The van der Waals surface area contributed by atoms with Crippen LogP contribution in [0.2, 0.25) is 0 Å². The van der Waals surface area contributed by atoms with Crippen molar-refractivity contribution in [2.75, 3.05) is 0 Å². The van der Waals surface area contributed by atoms with E-state index in [0.29, 0.717) is 5.82 Å². The molecule has 57 heavy (non-hydrogen) atoms. The number of aromatic nitrogens is 2. The van der Waals surface area contributed by atoms with Crippen molar-refractivity contribution in [2.24, 2.45) is 0 Å². The summed E-state index contributed by atoms with van der Waals surface area (Å²) in [6, 6.07) is 72.2. The zero-order valence-corrected chi connectivity index (χ0v) is 32.2. The number of fused-ring (bicyclic) bond motifs is 6. The van der Waals surface area contributed by atoms with E-state index >= 15 is 0 Å². The van der Waals surface area contributed by atoms with E-state index in [-0.39, 0.29) is 5.41 Å². The second-order valence-electron chi connectivity index (χ2n) is 15.0. The molecule has 0 N–H and O–H groups in total. The molecular weight excluding hydrogens is 709 g/mol. The van der Waals surface area contributed by atoms with Crippen molar-refractivity contribution in [3.05, 3.63) is 217 Å². The number of benzene rings is 8. The third-order valence-electron chi connectivity index (χ3n) is 11.8. The molecule has 0 saturated carbocycles. The van der Waals surface area contributed by atoms with Crippen LogP contribution >= 0.6 is 11.3 Å². The van der Waals surface area contributed by atoms with Crippen LogP contribution in [-0.4, -0.2) is 9.97 Å². The van der Waals surface area contributed by atoms with Gasteiger partial charge in [0.15, 0.2) is 5.82 Å². The molecule has 10 aromatic rings.